The number of aryl methyl sites for hydroxylation is 2. The number of benzene rings is 3. The van der Waals surface area contributed by atoms with Crippen molar-refractivity contribution in [3.8, 4) is 16.9 Å². The molecular weight excluding hydrogens is 438 g/mol. The van der Waals surface area contributed by atoms with Crippen LogP contribution in [0.15, 0.2) is 94.8 Å². The second-order valence-corrected chi connectivity index (χ2v) is 9.36. The standard InChI is InChI=1S/C29H25N3OS/c1-19-11-10-16-25(21(19)3)30-29-31-28(33)26(34-29)18-23-17-20(2)32(24-14-8-5-9-15-24)27(23)22-12-6-4-7-13-22/h4-18H,1-3H3,(H,30,31,33)/b26-18-. The van der Waals surface area contributed by atoms with Gasteiger partial charge in [0, 0.05) is 16.9 Å². The van der Waals surface area contributed by atoms with Crippen LogP contribution in [0.25, 0.3) is 23.0 Å². The summed E-state index contributed by atoms with van der Waals surface area (Å²) in [7, 11) is 0. The van der Waals surface area contributed by atoms with Crippen molar-refractivity contribution in [1.29, 1.82) is 0 Å². The van der Waals surface area contributed by atoms with E-state index in [4.69, 9.17) is 4.99 Å². The summed E-state index contributed by atoms with van der Waals surface area (Å²) in [4.78, 5) is 18.2. The van der Waals surface area contributed by atoms with Gasteiger partial charge in [0.1, 0.15) is 0 Å². The van der Waals surface area contributed by atoms with Crippen molar-refractivity contribution in [2.75, 3.05) is 0 Å². The summed E-state index contributed by atoms with van der Waals surface area (Å²) in [5.74, 6) is -0.127. The zero-order chi connectivity index (χ0) is 23.7. The summed E-state index contributed by atoms with van der Waals surface area (Å²) in [6, 6.07) is 28.8. The van der Waals surface area contributed by atoms with Crippen LogP contribution in [0, 0.1) is 20.8 Å². The van der Waals surface area contributed by atoms with Crippen molar-refractivity contribution >= 4 is 34.6 Å². The molecule has 4 aromatic rings. The molecule has 0 atom stereocenters. The lowest BCUT2D eigenvalue weighted by Crippen LogP contribution is -2.19. The van der Waals surface area contributed by atoms with E-state index in [1.807, 2.05) is 61.5 Å². The smallest absolute Gasteiger partial charge is 0.264 e. The van der Waals surface area contributed by atoms with E-state index < -0.39 is 0 Å². The summed E-state index contributed by atoms with van der Waals surface area (Å²) < 4.78 is 2.24. The highest BCUT2D eigenvalue weighted by atomic mass is 32.2. The van der Waals surface area contributed by atoms with Crippen LogP contribution < -0.4 is 5.32 Å². The highest BCUT2D eigenvalue weighted by Crippen LogP contribution is 2.35. The van der Waals surface area contributed by atoms with Gasteiger partial charge in [0.05, 0.1) is 16.3 Å². The molecule has 2 heterocycles. The third kappa shape index (κ3) is 4.22. The molecule has 0 spiro atoms. The van der Waals surface area contributed by atoms with Crippen molar-refractivity contribution in [3.63, 3.8) is 0 Å². The van der Waals surface area contributed by atoms with E-state index in [9.17, 15) is 4.79 Å². The maximum Gasteiger partial charge on any atom is 0.264 e. The minimum Gasteiger partial charge on any atom is -0.313 e. The Bertz CT molecular complexity index is 1430. The normalized spacial score (nSPS) is 15.8. The average Bonchev–Trinajstić information content (AvgIpc) is 3.36. The molecule has 168 valence electrons. The lowest BCUT2D eigenvalue weighted by atomic mass is 10.1. The summed E-state index contributed by atoms with van der Waals surface area (Å²) in [5, 5.41) is 3.53. The van der Waals surface area contributed by atoms with Crippen LogP contribution in [0.5, 0.6) is 0 Å². The Kier molecular flexibility index (Phi) is 5.95. The number of aliphatic imine (C=N–C) groups is 1. The lowest BCUT2D eigenvalue weighted by Gasteiger charge is -2.13. The van der Waals surface area contributed by atoms with Gasteiger partial charge in [-0.2, -0.15) is 0 Å². The highest BCUT2D eigenvalue weighted by molar-refractivity contribution is 8.18. The maximum absolute atomic E-state index is 12.9. The molecule has 3 aromatic carbocycles. The third-order valence-corrected chi connectivity index (χ3v) is 6.92. The monoisotopic (exact) mass is 463 g/mol. The van der Waals surface area contributed by atoms with Crippen molar-refractivity contribution in [2.45, 2.75) is 20.8 Å². The van der Waals surface area contributed by atoms with E-state index in [2.05, 4.69) is 60.1 Å². The highest BCUT2D eigenvalue weighted by Gasteiger charge is 2.25. The van der Waals surface area contributed by atoms with Crippen LogP contribution in [0.4, 0.5) is 5.69 Å². The van der Waals surface area contributed by atoms with Crippen LogP contribution in [-0.2, 0) is 4.79 Å². The molecule has 1 aliphatic rings. The molecular formula is C29H25N3OS. The summed E-state index contributed by atoms with van der Waals surface area (Å²) >= 11 is 1.38. The van der Waals surface area contributed by atoms with Crippen LogP contribution in [0.3, 0.4) is 0 Å². The number of para-hydroxylation sites is 1. The molecule has 4 nitrogen and oxygen atoms in total. The van der Waals surface area contributed by atoms with E-state index in [1.54, 1.807) is 0 Å². The predicted molar refractivity (Wildman–Crippen MR) is 143 cm³/mol. The van der Waals surface area contributed by atoms with Gasteiger partial charge in [-0.05, 0) is 79.6 Å². The molecule has 1 amide bonds. The summed E-state index contributed by atoms with van der Waals surface area (Å²) in [6.45, 7) is 6.21. The molecule has 5 rings (SSSR count). The third-order valence-electron chi connectivity index (χ3n) is 6.01. The molecule has 1 fully saturated rings. The lowest BCUT2D eigenvalue weighted by molar-refractivity contribution is -0.115. The number of amidine groups is 1. The Morgan fingerprint density at radius 1 is 0.882 bits per heavy atom. The van der Waals surface area contributed by atoms with Crippen LogP contribution in [0.1, 0.15) is 22.4 Å². The van der Waals surface area contributed by atoms with Gasteiger partial charge in [-0.15, -0.1) is 0 Å². The molecule has 0 saturated carbocycles. The van der Waals surface area contributed by atoms with Gasteiger partial charge in [-0.3, -0.25) is 4.79 Å². The first-order chi connectivity index (χ1) is 16.5. The van der Waals surface area contributed by atoms with E-state index >= 15 is 0 Å². The van der Waals surface area contributed by atoms with Gasteiger partial charge in [0.2, 0.25) is 0 Å². The molecule has 1 saturated heterocycles. The van der Waals surface area contributed by atoms with Crippen LogP contribution in [-0.4, -0.2) is 15.6 Å². The van der Waals surface area contributed by atoms with Gasteiger partial charge in [0.25, 0.3) is 5.91 Å². The maximum atomic E-state index is 12.9. The van der Waals surface area contributed by atoms with E-state index in [1.165, 1.54) is 17.3 Å². The van der Waals surface area contributed by atoms with Crippen LogP contribution >= 0.6 is 11.8 Å². The minimum atomic E-state index is -0.127. The van der Waals surface area contributed by atoms with Crippen molar-refractivity contribution in [2.24, 2.45) is 4.99 Å². The minimum absolute atomic E-state index is 0.127. The Labute approximate surface area is 204 Å². The van der Waals surface area contributed by atoms with Crippen LogP contribution in [0.2, 0.25) is 0 Å². The Morgan fingerprint density at radius 2 is 1.59 bits per heavy atom. The number of rotatable bonds is 4. The number of carbonyl (C=O) groups excluding carboxylic acids is 1. The number of nitrogens with one attached hydrogen (secondary N) is 1. The first kappa shape index (κ1) is 22.0. The number of nitrogens with zero attached hydrogens (tertiary/aromatic N) is 2. The zero-order valence-electron chi connectivity index (χ0n) is 19.4. The largest absolute Gasteiger partial charge is 0.313 e. The summed E-state index contributed by atoms with van der Waals surface area (Å²) in [5.41, 5.74) is 8.51. The van der Waals surface area contributed by atoms with E-state index in [0.29, 0.717) is 10.1 Å². The second kappa shape index (κ2) is 9.20. The summed E-state index contributed by atoms with van der Waals surface area (Å²) in [6.07, 6.45) is 1.97. The molecule has 0 unspecified atom stereocenters. The number of thioether (sulfide) groups is 1. The number of aromatic nitrogens is 1. The molecule has 0 radical (unpaired) electrons. The van der Waals surface area contributed by atoms with Crippen molar-refractivity contribution < 1.29 is 4.79 Å². The van der Waals surface area contributed by atoms with Gasteiger partial charge >= 0.3 is 0 Å². The fourth-order valence-electron chi connectivity index (χ4n) is 4.16. The Hall–Kier alpha value is -3.83. The van der Waals surface area contributed by atoms with Gasteiger partial charge in [0.15, 0.2) is 5.17 Å². The predicted octanol–water partition coefficient (Wildman–Crippen LogP) is 6.96. The fraction of sp³-hybridized carbons (Fsp3) is 0.103. The first-order valence-corrected chi connectivity index (χ1v) is 12.0. The van der Waals surface area contributed by atoms with Crippen molar-refractivity contribution in [1.82, 2.24) is 9.88 Å². The fourth-order valence-corrected chi connectivity index (χ4v) is 4.99. The topological polar surface area (TPSA) is 46.4 Å². The van der Waals surface area contributed by atoms with Gasteiger partial charge in [-0.1, -0.05) is 60.7 Å². The van der Waals surface area contributed by atoms with Gasteiger partial charge < -0.3 is 9.88 Å². The number of hydrogen-bond acceptors (Lipinski definition) is 3. The second-order valence-electron chi connectivity index (χ2n) is 8.33. The molecule has 34 heavy (non-hydrogen) atoms. The first-order valence-electron chi connectivity index (χ1n) is 11.2. The molecule has 0 aliphatic carbocycles. The SMILES string of the molecule is Cc1cccc(N=C2NC(=O)/C(=C/c3cc(C)n(-c4ccccc4)c3-c3ccccc3)S2)c1C. The van der Waals surface area contributed by atoms with E-state index in [-0.39, 0.29) is 5.91 Å². The molecule has 0 bridgehead atoms. The van der Waals surface area contributed by atoms with Crippen molar-refractivity contribution in [3.05, 3.63) is 112 Å². The quantitative estimate of drug-likeness (QED) is 0.333. The molecule has 1 N–H and O–H groups in total. The van der Waals surface area contributed by atoms with E-state index in [0.717, 1.165) is 39.5 Å². The van der Waals surface area contributed by atoms with Gasteiger partial charge in [-0.25, -0.2) is 4.99 Å². The number of hydrogen-bond donors (Lipinski definition) is 1. The molecule has 1 aromatic heterocycles. The Balaban J connectivity index is 1.58. The zero-order valence-corrected chi connectivity index (χ0v) is 20.2. The average molecular weight is 464 g/mol. The molecule has 5 heteroatoms. The number of carbonyl (C=O) groups is 1. The molecule has 1 aliphatic heterocycles. The Morgan fingerprint density at radius 3 is 2.32 bits per heavy atom. The number of amides is 1.